The summed E-state index contributed by atoms with van der Waals surface area (Å²) < 4.78 is 4.54. The van der Waals surface area contributed by atoms with Gasteiger partial charge >= 0.3 is 0 Å². The van der Waals surface area contributed by atoms with Gasteiger partial charge in [0.1, 0.15) is 0 Å². The number of nitrogens with zero attached hydrogens (tertiary/aromatic N) is 2. The van der Waals surface area contributed by atoms with E-state index in [2.05, 4.69) is 96.2 Å². The molecule has 0 fully saturated rings. The highest BCUT2D eigenvalue weighted by atomic mass is 14.9. The monoisotopic (exact) mass is 310 g/mol. The number of rotatable bonds is 1. The maximum atomic E-state index is 2.34. The first-order chi connectivity index (χ1) is 11.8. The Morgan fingerprint density at radius 1 is 0.708 bits per heavy atom. The lowest BCUT2D eigenvalue weighted by atomic mass is 9.99. The summed E-state index contributed by atoms with van der Waals surface area (Å²) >= 11 is 0. The van der Waals surface area contributed by atoms with E-state index < -0.39 is 0 Å². The van der Waals surface area contributed by atoms with E-state index in [1.807, 2.05) is 0 Å². The van der Waals surface area contributed by atoms with E-state index in [0.717, 1.165) is 0 Å². The summed E-state index contributed by atoms with van der Waals surface area (Å²) in [5.41, 5.74) is 6.41. The molecule has 0 aliphatic heterocycles. The smallest absolute Gasteiger partial charge is 0.0565 e. The standard InChI is InChI=1S/C22H18N2/c1-23-13-12-17-21-16-10-6-7-11-19(16)24(2)20(21)14-18(22(17)23)15-8-4-3-5-9-15/h3-14H,1-2H3. The molecule has 5 aromatic rings. The van der Waals surface area contributed by atoms with Crippen LogP contribution in [0.3, 0.4) is 0 Å². The van der Waals surface area contributed by atoms with Crippen LogP contribution in [0.5, 0.6) is 0 Å². The molecule has 0 aliphatic carbocycles. The van der Waals surface area contributed by atoms with E-state index in [-0.39, 0.29) is 0 Å². The van der Waals surface area contributed by atoms with Crippen molar-refractivity contribution in [3.63, 3.8) is 0 Å². The van der Waals surface area contributed by atoms with Gasteiger partial charge in [0.15, 0.2) is 0 Å². The topological polar surface area (TPSA) is 9.86 Å². The van der Waals surface area contributed by atoms with Crippen molar-refractivity contribution in [2.24, 2.45) is 14.1 Å². The molecule has 2 heteroatoms. The Balaban J connectivity index is 2.06. The Hall–Kier alpha value is -3.00. The van der Waals surface area contributed by atoms with Crippen LogP contribution in [-0.4, -0.2) is 9.13 Å². The Bertz CT molecular complexity index is 1210. The Morgan fingerprint density at radius 3 is 2.29 bits per heavy atom. The number of benzene rings is 3. The molecule has 0 saturated carbocycles. The minimum absolute atomic E-state index is 1.26. The number of fused-ring (bicyclic) bond motifs is 5. The first-order valence-corrected chi connectivity index (χ1v) is 8.26. The molecule has 0 amide bonds. The van der Waals surface area contributed by atoms with Crippen LogP contribution < -0.4 is 0 Å². The normalized spacial score (nSPS) is 11.8. The van der Waals surface area contributed by atoms with Gasteiger partial charge in [0.05, 0.1) is 11.0 Å². The molecule has 3 aromatic carbocycles. The van der Waals surface area contributed by atoms with E-state index in [9.17, 15) is 0 Å². The molecule has 0 atom stereocenters. The summed E-state index contributed by atoms with van der Waals surface area (Å²) in [6, 6.07) is 23.9. The summed E-state index contributed by atoms with van der Waals surface area (Å²) in [6.45, 7) is 0. The van der Waals surface area contributed by atoms with Crippen LogP contribution in [0, 0.1) is 0 Å². The maximum absolute atomic E-state index is 2.34. The molecule has 0 aliphatic rings. The molecule has 116 valence electrons. The maximum Gasteiger partial charge on any atom is 0.0565 e. The van der Waals surface area contributed by atoms with E-state index in [4.69, 9.17) is 0 Å². The number of hydrogen-bond donors (Lipinski definition) is 0. The Labute approximate surface area is 140 Å². The van der Waals surface area contributed by atoms with Crippen LogP contribution in [0.1, 0.15) is 0 Å². The average Bonchev–Trinajstić information content (AvgIpc) is 3.15. The fourth-order valence-corrected chi connectivity index (χ4v) is 3.97. The minimum Gasteiger partial charge on any atom is -0.350 e. The van der Waals surface area contributed by atoms with Gasteiger partial charge in [0, 0.05) is 47.5 Å². The minimum atomic E-state index is 1.26. The van der Waals surface area contributed by atoms with E-state index >= 15 is 0 Å². The highest BCUT2D eigenvalue weighted by Gasteiger charge is 2.16. The predicted octanol–water partition coefficient (Wildman–Crippen LogP) is 5.49. The first kappa shape index (κ1) is 13.4. The second-order valence-corrected chi connectivity index (χ2v) is 6.45. The molecule has 0 N–H and O–H groups in total. The predicted molar refractivity (Wildman–Crippen MR) is 102 cm³/mol. The average molecular weight is 310 g/mol. The molecule has 5 rings (SSSR count). The van der Waals surface area contributed by atoms with Gasteiger partial charge in [-0.25, -0.2) is 0 Å². The molecule has 24 heavy (non-hydrogen) atoms. The number of aromatic nitrogens is 2. The van der Waals surface area contributed by atoms with Crippen molar-refractivity contribution in [1.82, 2.24) is 9.13 Å². The van der Waals surface area contributed by atoms with Crippen LogP contribution >= 0.6 is 0 Å². The van der Waals surface area contributed by atoms with E-state index in [1.165, 1.54) is 43.8 Å². The van der Waals surface area contributed by atoms with E-state index in [1.54, 1.807) is 0 Å². The van der Waals surface area contributed by atoms with Gasteiger partial charge in [-0.05, 0) is 23.8 Å². The fourth-order valence-electron chi connectivity index (χ4n) is 3.97. The van der Waals surface area contributed by atoms with Crippen LogP contribution in [-0.2, 0) is 14.1 Å². The lowest BCUT2D eigenvalue weighted by molar-refractivity contribution is 0.970. The zero-order chi connectivity index (χ0) is 16.3. The SMILES string of the molecule is Cn1ccc2c3c4ccccc4n(C)c3cc(-c3ccccc3)c21. The zero-order valence-corrected chi connectivity index (χ0v) is 13.8. The summed E-state index contributed by atoms with van der Waals surface area (Å²) in [7, 11) is 4.29. The van der Waals surface area contributed by atoms with Crippen molar-refractivity contribution >= 4 is 32.7 Å². The number of para-hydroxylation sites is 1. The van der Waals surface area contributed by atoms with Crippen molar-refractivity contribution in [2.45, 2.75) is 0 Å². The first-order valence-electron chi connectivity index (χ1n) is 8.26. The highest BCUT2D eigenvalue weighted by molar-refractivity contribution is 6.23. The van der Waals surface area contributed by atoms with Gasteiger partial charge in [-0.3, -0.25) is 0 Å². The molecule has 0 spiro atoms. The molecular weight excluding hydrogens is 292 g/mol. The number of aryl methyl sites for hydroxylation is 2. The van der Waals surface area contributed by atoms with Gasteiger partial charge < -0.3 is 9.13 Å². The molecule has 0 unspecified atom stereocenters. The van der Waals surface area contributed by atoms with Gasteiger partial charge in [0.25, 0.3) is 0 Å². The van der Waals surface area contributed by atoms with Crippen molar-refractivity contribution in [3.8, 4) is 11.1 Å². The van der Waals surface area contributed by atoms with Crippen LogP contribution in [0.15, 0.2) is 72.9 Å². The van der Waals surface area contributed by atoms with Gasteiger partial charge in [-0.15, -0.1) is 0 Å². The van der Waals surface area contributed by atoms with Gasteiger partial charge in [-0.1, -0.05) is 48.5 Å². The van der Waals surface area contributed by atoms with Gasteiger partial charge in [-0.2, -0.15) is 0 Å². The van der Waals surface area contributed by atoms with E-state index in [0.29, 0.717) is 0 Å². The second-order valence-electron chi connectivity index (χ2n) is 6.45. The molecule has 2 aromatic heterocycles. The molecule has 0 saturated heterocycles. The zero-order valence-electron chi connectivity index (χ0n) is 13.8. The fraction of sp³-hybridized carbons (Fsp3) is 0.0909. The van der Waals surface area contributed by atoms with Crippen molar-refractivity contribution in [3.05, 3.63) is 72.9 Å². The van der Waals surface area contributed by atoms with Crippen LogP contribution in [0.4, 0.5) is 0 Å². The summed E-state index contributed by atoms with van der Waals surface area (Å²) in [5.74, 6) is 0. The molecule has 2 heterocycles. The van der Waals surface area contributed by atoms with Crippen molar-refractivity contribution < 1.29 is 0 Å². The molecule has 2 nitrogen and oxygen atoms in total. The summed E-state index contributed by atoms with van der Waals surface area (Å²) in [6.07, 6.45) is 2.16. The second kappa shape index (κ2) is 4.75. The Morgan fingerprint density at radius 2 is 1.46 bits per heavy atom. The quantitative estimate of drug-likeness (QED) is 0.387. The third-order valence-electron chi connectivity index (χ3n) is 5.12. The highest BCUT2D eigenvalue weighted by Crippen LogP contribution is 2.39. The lowest BCUT2D eigenvalue weighted by Gasteiger charge is -2.09. The van der Waals surface area contributed by atoms with Crippen LogP contribution in [0.25, 0.3) is 43.8 Å². The molecule has 0 radical (unpaired) electrons. The number of hydrogen-bond acceptors (Lipinski definition) is 0. The van der Waals surface area contributed by atoms with Crippen LogP contribution in [0.2, 0.25) is 0 Å². The van der Waals surface area contributed by atoms with Gasteiger partial charge in [0.2, 0.25) is 0 Å². The lowest BCUT2D eigenvalue weighted by Crippen LogP contribution is -1.91. The summed E-state index contributed by atoms with van der Waals surface area (Å²) in [4.78, 5) is 0. The largest absolute Gasteiger partial charge is 0.350 e. The third-order valence-corrected chi connectivity index (χ3v) is 5.12. The molecular formula is C22H18N2. The van der Waals surface area contributed by atoms with Crippen molar-refractivity contribution in [1.29, 1.82) is 0 Å². The Kier molecular flexibility index (Phi) is 2.66. The molecule has 0 bridgehead atoms. The third kappa shape index (κ3) is 1.65. The summed E-state index contributed by atoms with van der Waals surface area (Å²) in [5, 5.41) is 4.00. The van der Waals surface area contributed by atoms with Crippen molar-refractivity contribution in [2.75, 3.05) is 0 Å².